The summed E-state index contributed by atoms with van der Waals surface area (Å²) in [6.45, 7) is 4.18. The quantitative estimate of drug-likeness (QED) is 0.133. The van der Waals surface area contributed by atoms with Crippen molar-refractivity contribution in [1.29, 1.82) is 0 Å². The number of rotatable bonds is 13. The first-order valence-electron chi connectivity index (χ1n) is 15.4. The minimum Gasteiger partial charge on any atom is -0.478 e. The molecule has 0 radical (unpaired) electrons. The molecule has 238 valence electrons. The summed E-state index contributed by atoms with van der Waals surface area (Å²) in [6.07, 6.45) is 2.67. The summed E-state index contributed by atoms with van der Waals surface area (Å²) >= 11 is 0. The maximum Gasteiger partial charge on any atom is 0.339 e. The highest BCUT2D eigenvalue weighted by Gasteiger charge is 2.33. The fourth-order valence-corrected chi connectivity index (χ4v) is 5.66. The van der Waals surface area contributed by atoms with Crippen LogP contribution in [0.1, 0.15) is 83.9 Å². The number of aromatic carboxylic acids is 1. The van der Waals surface area contributed by atoms with Crippen molar-refractivity contribution < 1.29 is 38.8 Å². The second-order valence-electron chi connectivity index (χ2n) is 11.6. The van der Waals surface area contributed by atoms with Gasteiger partial charge >= 0.3 is 11.9 Å². The number of carboxylic acids is 1. The average Bonchev–Trinajstić information content (AvgIpc) is 3.53. The third-order valence-corrected chi connectivity index (χ3v) is 8.36. The molecule has 1 aliphatic rings. The molecule has 2 N–H and O–H groups in total. The Morgan fingerprint density at radius 3 is 2.00 bits per heavy atom. The number of carboxylic acid groups (broad SMARTS) is 1. The van der Waals surface area contributed by atoms with Crippen LogP contribution in [0.3, 0.4) is 0 Å². The molecular formula is C38H38O8. The van der Waals surface area contributed by atoms with Crippen LogP contribution < -0.4 is 0 Å². The number of ketones is 1. The van der Waals surface area contributed by atoms with Crippen LogP contribution in [0.4, 0.5) is 0 Å². The monoisotopic (exact) mass is 622 g/mol. The first kappa shape index (κ1) is 32.8. The highest BCUT2D eigenvalue weighted by atomic mass is 16.7. The lowest BCUT2D eigenvalue weighted by molar-refractivity contribution is -0.149. The molecule has 4 aromatic rings. The molecule has 1 heterocycles. The number of Topliss-reactive ketones (excluding diaryl/α,β-unsaturated/α-hetero) is 1. The van der Waals surface area contributed by atoms with Crippen LogP contribution in [-0.2, 0) is 58.9 Å². The highest BCUT2D eigenvalue weighted by Crippen LogP contribution is 2.31. The minimum atomic E-state index is -1.21. The van der Waals surface area contributed by atoms with E-state index in [0.29, 0.717) is 49.2 Å². The number of esters is 1. The molecule has 5 rings (SSSR count). The van der Waals surface area contributed by atoms with Crippen LogP contribution in [0.15, 0.2) is 84.9 Å². The van der Waals surface area contributed by atoms with Gasteiger partial charge in [0.05, 0.1) is 30.9 Å². The van der Waals surface area contributed by atoms with Crippen LogP contribution in [0, 0.1) is 0 Å². The molecule has 0 aromatic heterocycles. The van der Waals surface area contributed by atoms with Crippen molar-refractivity contribution in [3.63, 3.8) is 0 Å². The fraction of sp³-hybridized carbons (Fsp3) is 0.289. The molecule has 0 aliphatic carbocycles. The molecule has 8 nitrogen and oxygen atoms in total. The van der Waals surface area contributed by atoms with Gasteiger partial charge in [-0.05, 0) is 91.1 Å². The Kier molecular flexibility index (Phi) is 10.4. The van der Waals surface area contributed by atoms with Crippen LogP contribution >= 0.6 is 0 Å². The van der Waals surface area contributed by atoms with E-state index in [1.165, 1.54) is 12.1 Å². The third kappa shape index (κ3) is 7.95. The number of carbonyl (C=O) groups excluding carboxylic acids is 2. The van der Waals surface area contributed by atoms with Gasteiger partial charge in [0.2, 0.25) is 0 Å². The number of carbonyl (C=O) groups is 3. The largest absolute Gasteiger partial charge is 0.478 e. The topological polar surface area (TPSA) is 119 Å². The number of ether oxygens (including phenoxy) is 3. The van der Waals surface area contributed by atoms with E-state index in [1.807, 2.05) is 67.6 Å². The molecule has 0 saturated carbocycles. The maximum absolute atomic E-state index is 13.0. The molecule has 8 heteroatoms. The summed E-state index contributed by atoms with van der Waals surface area (Å²) in [7, 11) is 0. The van der Waals surface area contributed by atoms with Gasteiger partial charge in [-0.1, -0.05) is 66.7 Å². The highest BCUT2D eigenvalue weighted by molar-refractivity contribution is 6.02. The number of hydrogen-bond acceptors (Lipinski definition) is 7. The molecular weight excluding hydrogens is 584 g/mol. The van der Waals surface area contributed by atoms with Gasteiger partial charge in [-0.3, -0.25) is 4.79 Å². The van der Waals surface area contributed by atoms with Gasteiger partial charge in [0.15, 0.2) is 11.6 Å². The van der Waals surface area contributed by atoms with Crippen molar-refractivity contribution in [2.24, 2.45) is 0 Å². The molecule has 1 saturated heterocycles. The Labute approximate surface area is 268 Å². The van der Waals surface area contributed by atoms with E-state index in [1.54, 1.807) is 19.1 Å². The van der Waals surface area contributed by atoms with Crippen LogP contribution in [-0.4, -0.2) is 41.1 Å². The van der Waals surface area contributed by atoms with Gasteiger partial charge in [0, 0.05) is 11.1 Å². The lowest BCUT2D eigenvalue weighted by Crippen LogP contribution is -2.22. The molecule has 46 heavy (non-hydrogen) atoms. The van der Waals surface area contributed by atoms with Crippen molar-refractivity contribution in [2.45, 2.75) is 58.5 Å². The maximum atomic E-state index is 13.0. The lowest BCUT2D eigenvalue weighted by atomic mass is 9.97. The average molecular weight is 623 g/mol. The first-order chi connectivity index (χ1) is 22.1. The number of aliphatic hydroxyl groups is 1. The van der Waals surface area contributed by atoms with Gasteiger partial charge in [0.25, 0.3) is 0 Å². The summed E-state index contributed by atoms with van der Waals surface area (Å²) in [6, 6.07) is 25.9. The van der Waals surface area contributed by atoms with Gasteiger partial charge in [-0.2, -0.15) is 0 Å². The zero-order valence-corrected chi connectivity index (χ0v) is 26.1. The Balaban J connectivity index is 1.21. The lowest BCUT2D eigenvalue weighted by Gasteiger charge is -2.23. The zero-order valence-electron chi connectivity index (χ0n) is 26.1. The Hall–Kier alpha value is -4.63. The van der Waals surface area contributed by atoms with Gasteiger partial charge < -0.3 is 24.4 Å². The van der Waals surface area contributed by atoms with E-state index in [9.17, 15) is 24.6 Å². The predicted octanol–water partition coefficient (Wildman–Crippen LogP) is 6.23. The Morgan fingerprint density at radius 2 is 1.35 bits per heavy atom. The molecule has 0 amide bonds. The zero-order chi connectivity index (χ0) is 32.7. The summed E-state index contributed by atoms with van der Waals surface area (Å²) in [5.41, 5.74) is 6.60. The molecule has 1 fully saturated rings. The standard InChI is InChI=1S/C38H38O8/c1-25(40)30-7-3-5-26(19-30)9-11-28-13-15-31(32(20-28)23-39)24-44-37(43)34-16-14-29(22-35(34)36(41)42)12-10-27-6-4-8-33(21-27)38(2)45-17-18-46-38/h3-8,13-16,19-22,39H,9-12,17-18,23-24H2,1-2H3,(H,41,42). The molecule has 4 aromatic carbocycles. The summed E-state index contributed by atoms with van der Waals surface area (Å²) in [5, 5.41) is 19.9. The van der Waals surface area contributed by atoms with Crippen LogP contribution in [0.25, 0.3) is 0 Å². The molecule has 0 bridgehead atoms. The second-order valence-corrected chi connectivity index (χ2v) is 11.6. The van der Waals surface area contributed by atoms with E-state index in [2.05, 4.69) is 0 Å². The SMILES string of the molecule is CC(=O)c1cccc(CCc2ccc(COC(=O)c3ccc(CCc4cccc(C5(C)OCCO5)c4)cc3C(=O)O)c(CO)c2)c1. The minimum absolute atomic E-state index is 0.0208. The Bertz CT molecular complexity index is 1730. The summed E-state index contributed by atoms with van der Waals surface area (Å²) < 4.78 is 17.1. The van der Waals surface area contributed by atoms with Crippen molar-refractivity contribution >= 4 is 17.7 Å². The Morgan fingerprint density at radius 1 is 0.739 bits per heavy atom. The number of aryl methyl sites for hydroxylation is 4. The van der Waals surface area contributed by atoms with Gasteiger partial charge in [0.1, 0.15) is 6.61 Å². The summed E-state index contributed by atoms with van der Waals surface area (Å²) in [4.78, 5) is 36.8. The van der Waals surface area contributed by atoms with E-state index in [4.69, 9.17) is 14.2 Å². The van der Waals surface area contributed by atoms with E-state index >= 15 is 0 Å². The van der Waals surface area contributed by atoms with E-state index in [0.717, 1.165) is 34.2 Å². The molecule has 0 spiro atoms. The van der Waals surface area contributed by atoms with Gasteiger partial charge in [-0.15, -0.1) is 0 Å². The van der Waals surface area contributed by atoms with Crippen molar-refractivity contribution in [2.75, 3.05) is 13.2 Å². The van der Waals surface area contributed by atoms with Crippen molar-refractivity contribution in [1.82, 2.24) is 0 Å². The third-order valence-electron chi connectivity index (χ3n) is 8.36. The van der Waals surface area contributed by atoms with Gasteiger partial charge in [-0.25, -0.2) is 9.59 Å². The fourth-order valence-electron chi connectivity index (χ4n) is 5.66. The number of aliphatic hydroxyl groups excluding tert-OH is 1. The summed E-state index contributed by atoms with van der Waals surface area (Å²) in [5.74, 6) is -2.71. The normalized spacial score (nSPS) is 13.8. The van der Waals surface area contributed by atoms with E-state index in [-0.39, 0.29) is 30.1 Å². The number of benzene rings is 4. The van der Waals surface area contributed by atoms with E-state index < -0.39 is 17.7 Å². The van der Waals surface area contributed by atoms with Crippen LogP contribution in [0.5, 0.6) is 0 Å². The van der Waals surface area contributed by atoms with Crippen molar-refractivity contribution in [3.8, 4) is 0 Å². The molecule has 0 unspecified atom stereocenters. The molecule has 0 atom stereocenters. The molecule has 1 aliphatic heterocycles. The predicted molar refractivity (Wildman–Crippen MR) is 172 cm³/mol. The van der Waals surface area contributed by atoms with Crippen LogP contribution in [0.2, 0.25) is 0 Å². The van der Waals surface area contributed by atoms with Crippen molar-refractivity contribution in [3.05, 3.63) is 141 Å². The second kappa shape index (κ2) is 14.6. The smallest absolute Gasteiger partial charge is 0.339 e. The first-order valence-corrected chi connectivity index (χ1v) is 15.4. The number of hydrogen-bond donors (Lipinski definition) is 2.